The minimum atomic E-state index is -0.754. The summed E-state index contributed by atoms with van der Waals surface area (Å²) in [4.78, 5) is 26.0. The van der Waals surface area contributed by atoms with Gasteiger partial charge in [-0.25, -0.2) is 0 Å². The van der Waals surface area contributed by atoms with Crippen LogP contribution in [0.15, 0.2) is 24.3 Å². The zero-order valence-corrected chi connectivity index (χ0v) is 13.6. The molecule has 0 radical (unpaired) electrons. The van der Waals surface area contributed by atoms with Crippen molar-refractivity contribution in [3.63, 3.8) is 0 Å². The van der Waals surface area contributed by atoms with E-state index in [1.807, 2.05) is 24.3 Å². The minimum Gasteiger partial charge on any atom is -0.481 e. The summed E-state index contributed by atoms with van der Waals surface area (Å²) in [5.74, 6) is -0.202. The van der Waals surface area contributed by atoms with E-state index in [2.05, 4.69) is 0 Å². The van der Waals surface area contributed by atoms with Gasteiger partial charge in [-0.1, -0.05) is 29.8 Å². The van der Waals surface area contributed by atoms with Crippen molar-refractivity contribution < 1.29 is 14.7 Å². The zero-order valence-electron chi connectivity index (χ0n) is 12.8. The Bertz CT molecular complexity index is 657. The van der Waals surface area contributed by atoms with Crippen molar-refractivity contribution in [1.82, 2.24) is 4.90 Å². The molecule has 3 fully saturated rings. The first-order chi connectivity index (χ1) is 11.1. The van der Waals surface area contributed by atoms with Crippen LogP contribution >= 0.6 is 11.6 Å². The second-order valence-electron chi connectivity index (χ2n) is 7.16. The maximum atomic E-state index is 12.7. The number of aliphatic carboxylic acids is 1. The standard InChI is InChI=1S/C18H20ClNO3/c19-16-4-2-1-3-11(16)12-7-13(12)17(21)20-8-14(10-5-6-10)15(9-20)18(22)23/h1-4,10,12-15H,5-9H2,(H,22,23)/t12?,13?,14-,15+/m1/s1. The molecule has 4 rings (SSSR count). The van der Waals surface area contributed by atoms with E-state index in [0.717, 1.165) is 24.8 Å². The summed E-state index contributed by atoms with van der Waals surface area (Å²) in [6.45, 7) is 0.993. The quantitative estimate of drug-likeness (QED) is 0.921. The van der Waals surface area contributed by atoms with Gasteiger partial charge in [-0.05, 0) is 48.6 Å². The van der Waals surface area contributed by atoms with Gasteiger partial charge in [0.25, 0.3) is 0 Å². The highest BCUT2D eigenvalue weighted by Crippen LogP contribution is 2.52. The second kappa shape index (κ2) is 5.52. The number of amides is 1. The van der Waals surface area contributed by atoms with Crippen LogP contribution < -0.4 is 0 Å². The van der Waals surface area contributed by atoms with Crippen LogP contribution in [0.25, 0.3) is 0 Å². The molecule has 0 aromatic heterocycles. The van der Waals surface area contributed by atoms with Crippen LogP contribution in [0.4, 0.5) is 0 Å². The molecule has 1 aliphatic heterocycles. The van der Waals surface area contributed by atoms with Gasteiger partial charge in [-0.3, -0.25) is 9.59 Å². The van der Waals surface area contributed by atoms with Crippen LogP contribution in [0.3, 0.4) is 0 Å². The summed E-state index contributed by atoms with van der Waals surface area (Å²) in [5, 5.41) is 10.1. The monoisotopic (exact) mass is 333 g/mol. The number of carboxylic acids is 1. The van der Waals surface area contributed by atoms with Gasteiger partial charge < -0.3 is 10.0 Å². The molecule has 2 saturated carbocycles. The molecule has 122 valence electrons. The number of carbonyl (C=O) groups excluding carboxylic acids is 1. The molecule has 4 atom stereocenters. The van der Waals surface area contributed by atoms with Gasteiger partial charge in [0.2, 0.25) is 5.91 Å². The number of benzene rings is 1. The van der Waals surface area contributed by atoms with Crippen molar-refractivity contribution in [2.24, 2.45) is 23.7 Å². The maximum absolute atomic E-state index is 12.7. The van der Waals surface area contributed by atoms with E-state index < -0.39 is 5.97 Å². The second-order valence-corrected chi connectivity index (χ2v) is 7.57. The summed E-state index contributed by atoms with van der Waals surface area (Å²) in [6, 6.07) is 7.68. The van der Waals surface area contributed by atoms with Gasteiger partial charge in [0.15, 0.2) is 0 Å². The molecule has 3 aliphatic rings. The molecule has 1 heterocycles. The van der Waals surface area contributed by atoms with Crippen molar-refractivity contribution in [1.29, 1.82) is 0 Å². The van der Waals surface area contributed by atoms with E-state index in [0.29, 0.717) is 24.0 Å². The SMILES string of the molecule is O=C(O)[C@H]1CN(C(=O)C2CC2c2ccccc2Cl)C[C@@H]1C1CC1. The number of nitrogens with zero attached hydrogens (tertiary/aromatic N) is 1. The van der Waals surface area contributed by atoms with Crippen LogP contribution in [-0.4, -0.2) is 35.0 Å². The number of halogens is 1. The molecular formula is C18H20ClNO3. The summed E-state index contributed by atoms with van der Waals surface area (Å²) in [6.07, 6.45) is 3.05. The van der Waals surface area contributed by atoms with Crippen molar-refractivity contribution >= 4 is 23.5 Å². The van der Waals surface area contributed by atoms with Crippen molar-refractivity contribution in [3.05, 3.63) is 34.9 Å². The first-order valence-corrected chi connectivity index (χ1v) is 8.70. The topological polar surface area (TPSA) is 57.6 Å². The Balaban J connectivity index is 1.44. The van der Waals surface area contributed by atoms with E-state index >= 15 is 0 Å². The molecule has 1 N–H and O–H groups in total. The van der Waals surface area contributed by atoms with Gasteiger partial charge >= 0.3 is 5.97 Å². The third-order valence-electron chi connectivity index (χ3n) is 5.63. The molecule has 2 unspecified atom stereocenters. The number of likely N-dealkylation sites (tertiary alicyclic amines) is 1. The average Bonchev–Trinajstić information content (AvgIpc) is 3.44. The molecule has 1 saturated heterocycles. The fourth-order valence-corrected chi connectivity index (χ4v) is 4.37. The minimum absolute atomic E-state index is 0.0257. The Morgan fingerprint density at radius 1 is 1.13 bits per heavy atom. The predicted molar refractivity (Wildman–Crippen MR) is 86.2 cm³/mol. The Morgan fingerprint density at radius 2 is 1.87 bits per heavy atom. The molecule has 1 aromatic carbocycles. The highest BCUT2D eigenvalue weighted by atomic mass is 35.5. The van der Waals surface area contributed by atoms with E-state index in [1.165, 1.54) is 0 Å². The van der Waals surface area contributed by atoms with E-state index in [-0.39, 0.29) is 29.6 Å². The molecular weight excluding hydrogens is 314 g/mol. The van der Waals surface area contributed by atoms with Crippen LogP contribution in [0, 0.1) is 23.7 Å². The number of rotatable bonds is 4. The fraction of sp³-hybridized carbons (Fsp3) is 0.556. The number of hydrogen-bond donors (Lipinski definition) is 1. The molecule has 0 spiro atoms. The Labute approximate surface area is 140 Å². The van der Waals surface area contributed by atoms with Crippen LogP contribution in [-0.2, 0) is 9.59 Å². The molecule has 1 aromatic rings. The molecule has 0 bridgehead atoms. The zero-order chi connectivity index (χ0) is 16.1. The average molecular weight is 334 g/mol. The summed E-state index contributed by atoms with van der Waals surface area (Å²) < 4.78 is 0. The van der Waals surface area contributed by atoms with Crippen molar-refractivity contribution in [2.45, 2.75) is 25.2 Å². The summed E-state index contributed by atoms with van der Waals surface area (Å²) in [7, 11) is 0. The maximum Gasteiger partial charge on any atom is 0.308 e. The third kappa shape index (κ3) is 2.74. The van der Waals surface area contributed by atoms with Crippen LogP contribution in [0.5, 0.6) is 0 Å². The molecule has 4 nitrogen and oxygen atoms in total. The largest absolute Gasteiger partial charge is 0.481 e. The van der Waals surface area contributed by atoms with Gasteiger partial charge in [0, 0.05) is 24.0 Å². The van der Waals surface area contributed by atoms with E-state index in [9.17, 15) is 14.7 Å². The van der Waals surface area contributed by atoms with E-state index in [4.69, 9.17) is 11.6 Å². The lowest BCUT2D eigenvalue weighted by Crippen LogP contribution is -2.31. The fourth-order valence-electron chi connectivity index (χ4n) is 4.09. The molecule has 23 heavy (non-hydrogen) atoms. The highest BCUT2D eigenvalue weighted by molar-refractivity contribution is 6.31. The number of carboxylic acid groups (broad SMARTS) is 1. The Hall–Kier alpha value is -1.55. The molecule has 5 heteroatoms. The smallest absolute Gasteiger partial charge is 0.308 e. The first-order valence-electron chi connectivity index (χ1n) is 8.32. The molecule has 1 amide bonds. The predicted octanol–water partition coefficient (Wildman–Crippen LogP) is 3.01. The highest BCUT2D eigenvalue weighted by Gasteiger charge is 2.52. The normalized spacial score (nSPS) is 32.8. The lowest BCUT2D eigenvalue weighted by molar-refractivity contribution is -0.142. The van der Waals surface area contributed by atoms with E-state index in [1.54, 1.807) is 4.90 Å². The van der Waals surface area contributed by atoms with Crippen molar-refractivity contribution in [2.75, 3.05) is 13.1 Å². The molecule has 2 aliphatic carbocycles. The van der Waals surface area contributed by atoms with Crippen LogP contribution in [0.1, 0.15) is 30.7 Å². The Kier molecular flexibility index (Phi) is 3.60. The van der Waals surface area contributed by atoms with Gasteiger partial charge in [0.1, 0.15) is 0 Å². The third-order valence-corrected chi connectivity index (χ3v) is 5.98. The first kappa shape index (κ1) is 15.0. The Morgan fingerprint density at radius 3 is 2.52 bits per heavy atom. The lowest BCUT2D eigenvalue weighted by atomic mass is 9.92. The van der Waals surface area contributed by atoms with Gasteiger partial charge in [-0.2, -0.15) is 0 Å². The number of hydrogen-bond acceptors (Lipinski definition) is 2. The number of carbonyl (C=O) groups is 2. The summed E-state index contributed by atoms with van der Waals surface area (Å²) in [5.41, 5.74) is 1.04. The van der Waals surface area contributed by atoms with Crippen molar-refractivity contribution in [3.8, 4) is 0 Å². The van der Waals surface area contributed by atoms with Gasteiger partial charge in [0.05, 0.1) is 5.92 Å². The van der Waals surface area contributed by atoms with Crippen LogP contribution in [0.2, 0.25) is 5.02 Å². The summed E-state index contributed by atoms with van der Waals surface area (Å²) >= 11 is 6.22. The lowest BCUT2D eigenvalue weighted by Gasteiger charge is -2.16. The van der Waals surface area contributed by atoms with Gasteiger partial charge in [-0.15, -0.1) is 0 Å².